The number of likely N-dealkylation sites (N-methyl/N-ethyl adjacent to an activating group) is 1. The number of hydrogen-bond donors (Lipinski definition) is 1. The van der Waals surface area contributed by atoms with Crippen LogP contribution in [0.25, 0.3) is 0 Å². The Morgan fingerprint density at radius 2 is 2.29 bits per heavy atom. The van der Waals surface area contributed by atoms with Crippen molar-refractivity contribution >= 4 is 0 Å². The second kappa shape index (κ2) is 7.18. The van der Waals surface area contributed by atoms with Gasteiger partial charge in [0.05, 0.1) is 6.67 Å². The van der Waals surface area contributed by atoms with Crippen molar-refractivity contribution in [3.63, 3.8) is 0 Å². The summed E-state index contributed by atoms with van der Waals surface area (Å²) in [6.45, 7) is 6.16. The van der Waals surface area contributed by atoms with E-state index in [0.717, 1.165) is 26.2 Å². The molecular formula is C11H23FN2. The molecule has 3 heteroatoms. The van der Waals surface area contributed by atoms with E-state index in [1.54, 1.807) is 0 Å². The fourth-order valence-electron chi connectivity index (χ4n) is 2.16. The molecule has 2 nitrogen and oxygen atoms in total. The molecule has 1 aliphatic rings. The van der Waals surface area contributed by atoms with Gasteiger partial charge in [-0.2, -0.15) is 0 Å². The highest BCUT2D eigenvalue weighted by Crippen LogP contribution is 2.16. The summed E-state index contributed by atoms with van der Waals surface area (Å²) in [7, 11) is 0. The number of nitrogens with one attached hydrogen (secondary N) is 1. The topological polar surface area (TPSA) is 15.3 Å². The first kappa shape index (κ1) is 11.9. The first-order chi connectivity index (χ1) is 6.88. The first-order valence-corrected chi connectivity index (χ1v) is 5.89. The van der Waals surface area contributed by atoms with E-state index in [4.69, 9.17) is 0 Å². The lowest BCUT2D eigenvalue weighted by atomic mass is 10.0. The van der Waals surface area contributed by atoms with Gasteiger partial charge in [-0.25, -0.2) is 0 Å². The lowest BCUT2D eigenvalue weighted by Gasteiger charge is -2.35. The van der Waals surface area contributed by atoms with Crippen LogP contribution in [0.2, 0.25) is 0 Å². The highest BCUT2D eigenvalue weighted by atomic mass is 19.1. The molecule has 1 heterocycles. The summed E-state index contributed by atoms with van der Waals surface area (Å²) in [6.07, 6.45) is 4.60. The molecule has 0 aliphatic carbocycles. The fraction of sp³-hybridized carbons (Fsp3) is 1.00. The van der Waals surface area contributed by atoms with Gasteiger partial charge in [0.2, 0.25) is 0 Å². The van der Waals surface area contributed by atoms with Crippen LogP contribution in [0.1, 0.15) is 32.6 Å². The Balaban J connectivity index is 2.26. The molecule has 0 saturated carbocycles. The van der Waals surface area contributed by atoms with Gasteiger partial charge in [0, 0.05) is 19.1 Å². The average molecular weight is 202 g/mol. The van der Waals surface area contributed by atoms with Crippen LogP contribution in [0, 0.1) is 0 Å². The van der Waals surface area contributed by atoms with Crippen LogP contribution in [0.5, 0.6) is 0 Å². The third-order valence-corrected chi connectivity index (χ3v) is 2.96. The lowest BCUT2D eigenvalue weighted by Crippen LogP contribution is -2.45. The van der Waals surface area contributed by atoms with E-state index in [1.165, 1.54) is 19.3 Å². The third kappa shape index (κ3) is 3.93. The zero-order chi connectivity index (χ0) is 10.2. The van der Waals surface area contributed by atoms with Gasteiger partial charge < -0.3 is 5.32 Å². The van der Waals surface area contributed by atoms with E-state index in [2.05, 4.69) is 17.1 Å². The van der Waals surface area contributed by atoms with E-state index in [1.807, 2.05) is 0 Å². The van der Waals surface area contributed by atoms with Gasteiger partial charge in [0.1, 0.15) is 0 Å². The van der Waals surface area contributed by atoms with Gasteiger partial charge in [-0.05, 0) is 32.4 Å². The highest BCUT2D eigenvalue weighted by molar-refractivity contribution is 4.78. The Hall–Kier alpha value is -0.150. The van der Waals surface area contributed by atoms with Crippen LogP contribution < -0.4 is 5.32 Å². The number of likely N-dealkylation sites (tertiary alicyclic amines) is 1. The molecule has 0 amide bonds. The predicted molar refractivity (Wildman–Crippen MR) is 58.3 cm³/mol. The Labute approximate surface area is 86.9 Å². The number of rotatable bonds is 6. The van der Waals surface area contributed by atoms with Crippen molar-refractivity contribution in [1.82, 2.24) is 10.2 Å². The summed E-state index contributed by atoms with van der Waals surface area (Å²) in [6, 6.07) is 0.648. The smallest absolute Gasteiger partial charge is 0.0906 e. The highest BCUT2D eigenvalue weighted by Gasteiger charge is 2.20. The Kier molecular flexibility index (Phi) is 6.12. The Morgan fingerprint density at radius 1 is 1.43 bits per heavy atom. The lowest BCUT2D eigenvalue weighted by molar-refractivity contribution is 0.141. The molecule has 0 spiro atoms. The van der Waals surface area contributed by atoms with Crippen LogP contribution in [0.4, 0.5) is 4.39 Å². The van der Waals surface area contributed by atoms with Crippen molar-refractivity contribution in [2.24, 2.45) is 0 Å². The van der Waals surface area contributed by atoms with Crippen LogP contribution in [-0.2, 0) is 0 Å². The summed E-state index contributed by atoms with van der Waals surface area (Å²) in [4.78, 5) is 2.45. The maximum Gasteiger partial charge on any atom is 0.0906 e. The monoisotopic (exact) mass is 202 g/mol. The molecule has 1 N–H and O–H groups in total. The van der Waals surface area contributed by atoms with Gasteiger partial charge in [0.15, 0.2) is 0 Å². The molecule has 0 aromatic carbocycles. The molecule has 1 unspecified atom stereocenters. The van der Waals surface area contributed by atoms with Crippen LogP contribution >= 0.6 is 0 Å². The van der Waals surface area contributed by atoms with Gasteiger partial charge in [-0.15, -0.1) is 0 Å². The van der Waals surface area contributed by atoms with Crippen molar-refractivity contribution in [2.45, 2.75) is 38.6 Å². The minimum Gasteiger partial charge on any atom is -0.315 e. The Morgan fingerprint density at radius 3 is 3.00 bits per heavy atom. The minimum absolute atomic E-state index is 0.176. The molecular weight excluding hydrogens is 179 g/mol. The number of halogens is 1. The summed E-state index contributed by atoms with van der Waals surface area (Å²) in [5.74, 6) is 0. The molecule has 0 bridgehead atoms. The van der Waals surface area contributed by atoms with E-state index < -0.39 is 0 Å². The zero-order valence-electron chi connectivity index (χ0n) is 9.27. The zero-order valence-corrected chi connectivity index (χ0v) is 9.27. The molecule has 84 valence electrons. The summed E-state index contributed by atoms with van der Waals surface area (Å²) < 4.78 is 12.1. The standard InChI is InChI=1S/C11H23FN2/c1-2-13-10-11-6-3-4-8-14(11)9-5-7-12/h11,13H,2-10H2,1H3. The maximum atomic E-state index is 12.1. The van der Waals surface area contributed by atoms with Gasteiger partial charge >= 0.3 is 0 Å². The maximum absolute atomic E-state index is 12.1. The summed E-state index contributed by atoms with van der Waals surface area (Å²) >= 11 is 0. The molecule has 1 saturated heterocycles. The van der Waals surface area contributed by atoms with Crippen LogP contribution in [0.15, 0.2) is 0 Å². The van der Waals surface area contributed by atoms with Crippen molar-refractivity contribution in [2.75, 3.05) is 32.9 Å². The Bertz CT molecular complexity index is 125. The second-order valence-electron chi connectivity index (χ2n) is 4.04. The number of alkyl halides is 1. The van der Waals surface area contributed by atoms with Crippen molar-refractivity contribution in [1.29, 1.82) is 0 Å². The van der Waals surface area contributed by atoms with Gasteiger partial charge in [-0.3, -0.25) is 9.29 Å². The molecule has 0 radical (unpaired) electrons. The van der Waals surface area contributed by atoms with Crippen molar-refractivity contribution < 1.29 is 4.39 Å². The van der Waals surface area contributed by atoms with E-state index in [9.17, 15) is 4.39 Å². The molecule has 1 fully saturated rings. The average Bonchev–Trinajstić information content (AvgIpc) is 2.24. The molecule has 1 rings (SSSR count). The van der Waals surface area contributed by atoms with E-state index in [0.29, 0.717) is 12.5 Å². The van der Waals surface area contributed by atoms with E-state index >= 15 is 0 Å². The van der Waals surface area contributed by atoms with E-state index in [-0.39, 0.29) is 6.67 Å². The minimum atomic E-state index is -0.176. The van der Waals surface area contributed by atoms with Gasteiger partial charge in [-0.1, -0.05) is 13.3 Å². The first-order valence-electron chi connectivity index (χ1n) is 5.89. The quantitative estimate of drug-likeness (QED) is 0.706. The molecule has 0 aromatic heterocycles. The molecule has 1 atom stereocenters. The number of hydrogen-bond acceptors (Lipinski definition) is 2. The molecule has 1 aliphatic heterocycles. The fourth-order valence-corrected chi connectivity index (χ4v) is 2.16. The van der Waals surface area contributed by atoms with Crippen molar-refractivity contribution in [3.8, 4) is 0 Å². The normalized spacial score (nSPS) is 24.0. The summed E-state index contributed by atoms with van der Waals surface area (Å²) in [5, 5.41) is 3.39. The summed E-state index contributed by atoms with van der Waals surface area (Å²) in [5.41, 5.74) is 0. The number of piperidine rings is 1. The van der Waals surface area contributed by atoms with Crippen LogP contribution in [0.3, 0.4) is 0 Å². The van der Waals surface area contributed by atoms with Crippen LogP contribution in [-0.4, -0.2) is 43.8 Å². The van der Waals surface area contributed by atoms with Gasteiger partial charge in [0.25, 0.3) is 0 Å². The second-order valence-corrected chi connectivity index (χ2v) is 4.04. The number of nitrogens with zero attached hydrogens (tertiary/aromatic N) is 1. The third-order valence-electron chi connectivity index (χ3n) is 2.96. The molecule has 0 aromatic rings. The largest absolute Gasteiger partial charge is 0.315 e. The SMILES string of the molecule is CCNCC1CCCCN1CCCF. The molecule has 14 heavy (non-hydrogen) atoms. The van der Waals surface area contributed by atoms with Crippen molar-refractivity contribution in [3.05, 3.63) is 0 Å². The predicted octanol–water partition coefficient (Wildman–Crippen LogP) is 1.81.